The van der Waals surface area contributed by atoms with Crippen LogP contribution < -0.4 is 4.90 Å². The summed E-state index contributed by atoms with van der Waals surface area (Å²) in [6.07, 6.45) is 5.58. The molecule has 1 aliphatic heterocycles. The second kappa shape index (κ2) is 3.62. The van der Waals surface area contributed by atoms with E-state index in [4.69, 9.17) is 0 Å². The van der Waals surface area contributed by atoms with E-state index in [1.54, 1.807) is 6.07 Å². The smallest absolute Gasteiger partial charge is 0.239 e. The highest BCUT2D eigenvalue weighted by atomic mass is 16.2. The molecule has 1 aromatic heterocycles. The summed E-state index contributed by atoms with van der Waals surface area (Å²) in [5, 5.41) is 0. The van der Waals surface area contributed by atoms with Crippen LogP contribution in [0.1, 0.15) is 12.1 Å². The number of nitrogens with zero attached hydrogens (tertiary/aromatic N) is 2. The summed E-state index contributed by atoms with van der Waals surface area (Å²) in [7, 11) is 0. The Morgan fingerprint density at radius 1 is 1.05 bits per heavy atom. The summed E-state index contributed by atoms with van der Waals surface area (Å²) in [6, 6.07) is 5.49. The molecule has 4 aliphatic carbocycles. The van der Waals surface area contributed by atoms with Gasteiger partial charge in [-0.05, 0) is 49.1 Å². The number of allylic oxidation sites excluding steroid dienone is 2. The fourth-order valence-electron chi connectivity index (χ4n) is 4.84. The van der Waals surface area contributed by atoms with E-state index in [9.17, 15) is 9.59 Å². The van der Waals surface area contributed by atoms with Crippen molar-refractivity contribution < 1.29 is 9.59 Å². The van der Waals surface area contributed by atoms with Crippen LogP contribution in [0.25, 0.3) is 0 Å². The second-order valence-corrected chi connectivity index (χ2v) is 6.80. The molecule has 2 heterocycles. The van der Waals surface area contributed by atoms with Crippen molar-refractivity contribution in [2.45, 2.75) is 13.3 Å². The van der Waals surface area contributed by atoms with Crippen molar-refractivity contribution in [3.8, 4) is 0 Å². The number of carbonyl (C=O) groups excluding carboxylic acids is 2. The third-order valence-corrected chi connectivity index (χ3v) is 5.77. The number of rotatable bonds is 1. The minimum absolute atomic E-state index is 0.0344. The maximum Gasteiger partial charge on any atom is 0.239 e. The topological polar surface area (TPSA) is 50.3 Å². The van der Waals surface area contributed by atoms with E-state index >= 15 is 0 Å². The van der Waals surface area contributed by atoms with Gasteiger partial charge in [0, 0.05) is 5.69 Å². The number of aryl methyl sites for hydroxylation is 1. The van der Waals surface area contributed by atoms with Gasteiger partial charge in [-0.15, -0.1) is 0 Å². The number of hydrogen-bond donors (Lipinski definition) is 0. The first-order chi connectivity index (χ1) is 10.2. The lowest BCUT2D eigenvalue weighted by molar-refractivity contribution is -0.124. The van der Waals surface area contributed by atoms with Gasteiger partial charge >= 0.3 is 0 Å². The maximum absolute atomic E-state index is 12.8. The van der Waals surface area contributed by atoms with E-state index in [0.29, 0.717) is 17.7 Å². The lowest BCUT2D eigenvalue weighted by Gasteiger charge is -2.37. The molecule has 4 heteroatoms. The summed E-state index contributed by atoms with van der Waals surface area (Å²) in [4.78, 5) is 31.4. The van der Waals surface area contributed by atoms with E-state index in [0.717, 1.165) is 5.69 Å². The molecule has 0 unspecified atom stereocenters. The van der Waals surface area contributed by atoms with Gasteiger partial charge in [-0.25, -0.2) is 9.88 Å². The van der Waals surface area contributed by atoms with E-state index < -0.39 is 0 Å². The van der Waals surface area contributed by atoms with Crippen LogP contribution in [0.5, 0.6) is 0 Å². The molecule has 0 radical (unpaired) electrons. The lowest BCUT2D eigenvalue weighted by Crippen LogP contribution is -2.40. The predicted octanol–water partition coefficient (Wildman–Crippen LogP) is 1.95. The third-order valence-electron chi connectivity index (χ3n) is 5.77. The van der Waals surface area contributed by atoms with Crippen molar-refractivity contribution in [1.82, 2.24) is 4.98 Å². The quantitative estimate of drug-likeness (QED) is 0.583. The van der Waals surface area contributed by atoms with Crippen LogP contribution in [0.2, 0.25) is 0 Å². The summed E-state index contributed by atoms with van der Waals surface area (Å²) < 4.78 is 0. The zero-order valence-electron chi connectivity index (χ0n) is 11.8. The fourth-order valence-corrected chi connectivity index (χ4v) is 4.84. The first kappa shape index (κ1) is 11.7. The number of amides is 2. The highest BCUT2D eigenvalue weighted by Crippen LogP contribution is 2.65. The van der Waals surface area contributed by atoms with Crippen molar-refractivity contribution in [2.75, 3.05) is 4.90 Å². The Labute approximate surface area is 122 Å². The molecule has 5 aliphatic rings. The fraction of sp³-hybridized carbons (Fsp3) is 0.471. The van der Waals surface area contributed by atoms with Crippen molar-refractivity contribution in [3.63, 3.8) is 0 Å². The van der Waals surface area contributed by atoms with Crippen molar-refractivity contribution in [2.24, 2.45) is 35.5 Å². The molecule has 6 rings (SSSR count). The van der Waals surface area contributed by atoms with Crippen LogP contribution in [0.4, 0.5) is 5.82 Å². The maximum atomic E-state index is 12.8. The summed E-state index contributed by atoms with van der Waals surface area (Å²) in [5.41, 5.74) is 0.826. The standard InChI is InChI=1S/C17H16N2O2/c1-8-3-2-4-13(18-8)19-16(20)14-9-5-6-10(12-7-11(9)12)15(14)17(19)21/h2-6,9-12,14-15H,7H2,1H3/t9-,10-,11-,12+,14+,15+/m0/s1. The molecule has 0 N–H and O–H groups in total. The predicted molar refractivity (Wildman–Crippen MR) is 76.2 cm³/mol. The Kier molecular flexibility index (Phi) is 2.01. The number of hydrogen-bond acceptors (Lipinski definition) is 3. The Morgan fingerprint density at radius 2 is 1.67 bits per heavy atom. The number of carbonyl (C=O) groups is 2. The first-order valence-corrected chi connectivity index (χ1v) is 7.66. The van der Waals surface area contributed by atoms with Gasteiger partial charge in [0.05, 0.1) is 11.8 Å². The molecule has 3 fully saturated rings. The SMILES string of the molecule is Cc1cccc(N2C(=O)[C@@H]3[C@H]4C=C[C@@H]([C@@H]5C[C@H]45)[C@H]3C2=O)n1. The van der Waals surface area contributed by atoms with Crippen LogP contribution >= 0.6 is 0 Å². The molecule has 4 nitrogen and oxygen atoms in total. The molecular weight excluding hydrogens is 264 g/mol. The number of aromatic nitrogens is 1. The van der Waals surface area contributed by atoms with Crippen LogP contribution in [0.3, 0.4) is 0 Å². The van der Waals surface area contributed by atoms with Gasteiger partial charge in [0.15, 0.2) is 0 Å². The summed E-state index contributed by atoms with van der Waals surface area (Å²) in [5.74, 6) is 1.98. The van der Waals surface area contributed by atoms with Gasteiger partial charge in [0.1, 0.15) is 5.82 Å². The Bertz CT molecular complexity index is 674. The van der Waals surface area contributed by atoms with Crippen LogP contribution in [0.15, 0.2) is 30.4 Å². The number of anilines is 1. The second-order valence-electron chi connectivity index (χ2n) is 6.80. The minimum atomic E-state index is -0.140. The van der Waals surface area contributed by atoms with Crippen molar-refractivity contribution in [3.05, 3.63) is 36.0 Å². The summed E-state index contributed by atoms with van der Waals surface area (Å²) >= 11 is 0. The van der Waals surface area contributed by atoms with E-state index in [1.165, 1.54) is 11.3 Å². The summed E-state index contributed by atoms with van der Waals surface area (Å²) in [6.45, 7) is 1.88. The minimum Gasteiger partial charge on any atom is -0.274 e. The Balaban J connectivity index is 1.60. The first-order valence-electron chi connectivity index (χ1n) is 7.66. The van der Waals surface area contributed by atoms with Crippen LogP contribution in [-0.4, -0.2) is 16.8 Å². The largest absolute Gasteiger partial charge is 0.274 e. The van der Waals surface area contributed by atoms with Crippen molar-refractivity contribution in [1.29, 1.82) is 0 Å². The molecular formula is C17H16N2O2. The lowest BCUT2D eigenvalue weighted by atomic mass is 9.63. The number of imide groups is 1. The average molecular weight is 280 g/mol. The molecule has 1 saturated heterocycles. The van der Waals surface area contributed by atoms with Crippen LogP contribution in [-0.2, 0) is 9.59 Å². The number of pyridine rings is 1. The van der Waals surface area contributed by atoms with E-state index in [1.807, 2.05) is 19.1 Å². The molecule has 0 aromatic carbocycles. The molecule has 21 heavy (non-hydrogen) atoms. The van der Waals surface area contributed by atoms with E-state index in [2.05, 4.69) is 17.1 Å². The van der Waals surface area contributed by atoms with Crippen molar-refractivity contribution >= 4 is 17.6 Å². The zero-order valence-corrected chi connectivity index (χ0v) is 11.8. The Hall–Kier alpha value is -1.97. The van der Waals surface area contributed by atoms with Gasteiger partial charge in [0.2, 0.25) is 11.8 Å². The molecule has 6 atom stereocenters. The zero-order chi connectivity index (χ0) is 14.3. The van der Waals surface area contributed by atoms with Gasteiger partial charge in [0.25, 0.3) is 0 Å². The van der Waals surface area contributed by atoms with Gasteiger partial charge < -0.3 is 0 Å². The normalized spacial score (nSPS) is 42.2. The monoisotopic (exact) mass is 280 g/mol. The van der Waals surface area contributed by atoms with E-state index in [-0.39, 0.29) is 35.5 Å². The third kappa shape index (κ3) is 1.33. The average Bonchev–Trinajstić information content (AvgIpc) is 3.24. The highest BCUT2D eigenvalue weighted by molar-refractivity contribution is 6.22. The highest BCUT2D eigenvalue weighted by Gasteiger charge is 2.67. The Morgan fingerprint density at radius 3 is 2.24 bits per heavy atom. The molecule has 2 bridgehead atoms. The molecule has 1 aromatic rings. The molecule has 2 amide bonds. The van der Waals surface area contributed by atoms with Crippen LogP contribution in [0, 0.1) is 42.4 Å². The molecule has 106 valence electrons. The van der Waals surface area contributed by atoms with Gasteiger partial charge in [-0.1, -0.05) is 18.2 Å². The van der Waals surface area contributed by atoms with Gasteiger partial charge in [-0.2, -0.15) is 0 Å². The van der Waals surface area contributed by atoms with Gasteiger partial charge in [-0.3, -0.25) is 9.59 Å². The molecule has 2 saturated carbocycles. The molecule has 0 spiro atoms.